The summed E-state index contributed by atoms with van der Waals surface area (Å²) in [6.45, 7) is 4.87. The third kappa shape index (κ3) is 3.71. The molecule has 1 aromatic heterocycles. The molecular weight excluding hydrogens is 226 g/mol. The lowest BCUT2D eigenvalue weighted by Gasteiger charge is -2.22. The molecule has 1 rings (SSSR count). The predicted octanol–water partition coefficient (Wildman–Crippen LogP) is 0.618. The van der Waals surface area contributed by atoms with Crippen LogP contribution in [0.2, 0.25) is 0 Å². The molecule has 0 aliphatic rings. The highest BCUT2D eigenvalue weighted by atomic mass is 15.4. The van der Waals surface area contributed by atoms with Gasteiger partial charge in [0.25, 0.3) is 0 Å². The van der Waals surface area contributed by atoms with Gasteiger partial charge in [0.05, 0.1) is 5.69 Å². The van der Waals surface area contributed by atoms with Crippen molar-refractivity contribution in [2.24, 2.45) is 12.8 Å². The molecule has 0 atom stereocenters. The molecule has 5 heteroatoms. The number of aryl methyl sites for hydroxylation is 2. The van der Waals surface area contributed by atoms with Crippen LogP contribution in [-0.2, 0) is 13.5 Å². The molecule has 0 aromatic carbocycles. The first-order chi connectivity index (χ1) is 8.47. The van der Waals surface area contributed by atoms with E-state index in [1.807, 2.05) is 11.7 Å². The van der Waals surface area contributed by atoms with E-state index in [0.29, 0.717) is 6.54 Å². The van der Waals surface area contributed by atoms with Gasteiger partial charge in [-0.1, -0.05) is 0 Å². The summed E-state index contributed by atoms with van der Waals surface area (Å²) in [5.74, 6) is 1.21. The molecule has 18 heavy (non-hydrogen) atoms. The smallest absolute Gasteiger partial charge is 0.129 e. The Balaban J connectivity index is 2.74. The minimum atomic E-state index is 0.672. The molecule has 1 aromatic rings. The third-order valence-corrected chi connectivity index (χ3v) is 3.17. The average molecular weight is 253 g/mol. The van der Waals surface area contributed by atoms with Gasteiger partial charge in [-0.3, -0.25) is 4.68 Å². The maximum absolute atomic E-state index is 5.69. The Bertz CT molecular complexity index is 370. The summed E-state index contributed by atoms with van der Waals surface area (Å²) in [6, 6.07) is 0. The van der Waals surface area contributed by atoms with Crippen LogP contribution in [0.15, 0.2) is 0 Å². The van der Waals surface area contributed by atoms with Crippen molar-refractivity contribution in [2.45, 2.75) is 19.8 Å². The summed E-state index contributed by atoms with van der Waals surface area (Å²) < 4.78 is 1.97. The number of nitrogens with two attached hydrogens (primary N) is 1. The summed E-state index contributed by atoms with van der Waals surface area (Å²) in [6.07, 6.45) is 2.04. The maximum Gasteiger partial charge on any atom is 0.129 e. The van der Waals surface area contributed by atoms with Gasteiger partial charge in [-0.15, -0.1) is 0 Å². The minimum absolute atomic E-state index is 0.672. The van der Waals surface area contributed by atoms with Crippen LogP contribution < -0.4 is 10.6 Å². The quantitative estimate of drug-likeness (QED) is 0.774. The molecule has 0 aliphatic heterocycles. The van der Waals surface area contributed by atoms with Gasteiger partial charge in [0.1, 0.15) is 5.82 Å². The van der Waals surface area contributed by atoms with Crippen molar-refractivity contribution in [3.05, 3.63) is 11.3 Å². The van der Waals surface area contributed by atoms with E-state index in [4.69, 9.17) is 5.73 Å². The minimum Gasteiger partial charge on any atom is -0.360 e. The Hall–Kier alpha value is -1.07. The number of aromatic nitrogens is 2. The van der Waals surface area contributed by atoms with Crippen LogP contribution in [0, 0.1) is 6.92 Å². The SMILES string of the molecule is Cc1nn(C)c(N(C)CCCN(C)C)c1CCN. The summed E-state index contributed by atoms with van der Waals surface area (Å²) in [5, 5.41) is 4.50. The highest BCUT2D eigenvalue weighted by Gasteiger charge is 2.15. The predicted molar refractivity (Wildman–Crippen MR) is 77.1 cm³/mol. The summed E-state index contributed by atoms with van der Waals surface area (Å²) >= 11 is 0. The fraction of sp³-hybridized carbons (Fsp3) is 0.769. The van der Waals surface area contributed by atoms with E-state index >= 15 is 0 Å². The molecule has 1 heterocycles. The molecule has 0 amide bonds. The van der Waals surface area contributed by atoms with Gasteiger partial charge >= 0.3 is 0 Å². The van der Waals surface area contributed by atoms with Crippen molar-refractivity contribution in [3.63, 3.8) is 0 Å². The molecular formula is C13H27N5. The summed E-state index contributed by atoms with van der Waals surface area (Å²) in [4.78, 5) is 4.50. The molecule has 104 valence electrons. The largest absolute Gasteiger partial charge is 0.360 e. The molecule has 2 N–H and O–H groups in total. The van der Waals surface area contributed by atoms with Gasteiger partial charge in [-0.25, -0.2) is 0 Å². The van der Waals surface area contributed by atoms with Crippen molar-refractivity contribution in [2.75, 3.05) is 45.7 Å². The zero-order valence-corrected chi connectivity index (χ0v) is 12.4. The Labute approximate surface area is 111 Å². The topological polar surface area (TPSA) is 50.3 Å². The van der Waals surface area contributed by atoms with Crippen LogP contribution in [0.3, 0.4) is 0 Å². The van der Waals surface area contributed by atoms with E-state index in [0.717, 1.165) is 31.6 Å². The number of nitrogens with zero attached hydrogens (tertiary/aromatic N) is 4. The second kappa shape index (κ2) is 6.75. The lowest BCUT2D eigenvalue weighted by molar-refractivity contribution is 0.401. The Morgan fingerprint density at radius 2 is 1.89 bits per heavy atom. The lowest BCUT2D eigenvalue weighted by Crippen LogP contribution is -2.26. The molecule has 0 spiro atoms. The summed E-state index contributed by atoms with van der Waals surface area (Å²) in [7, 11) is 8.35. The highest BCUT2D eigenvalue weighted by Crippen LogP contribution is 2.22. The zero-order chi connectivity index (χ0) is 13.7. The first kappa shape index (κ1) is 15.0. The fourth-order valence-electron chi connectivity index (χ4n) is 2.33. The number of hydrogen-bond donors (Lipinski definition) is 1. The van der Waals surface area contributed by atoms with Crippen molar-refractivity contribution in [3.8, 4) is 0 Å². The van der Waals surface area contributed by atoms with E-state index in [9.17, 15) is 0 Å². The maximum atomic E-state index is 5.69. The zero-order valence-electron chi connectivity index (χ0n) is 12.4. The van der Waals surface area contributed by atoms with Crippen molar-refractivity contribution < 1.29 is 0 Å². The van der Waals surface area contributed by atoms with Gasteiger partial charge in [-0.2, -0.15) is 5.10 Å². The van der Waals surface area contributed by atoms with E-state index in [-0.39, 0.29) is 0 Å². The molecule has 0 saturated carbocycles. The molecule has 5 nitrogen and oxygen atoms in total. The van der Waals surface area contributed by atoms with Gasteiger partial charge < -0.3 is 15.5 Å². The molecule has 0 radical (unpaired) electrons. The van der Waals surface area contributed by atoms with Crippen LogP contribution in [0.25, 0.3) is 0 Å². The van der Waals surface area contributed by atoms with Crippen molar-refractivity contribution >= 4 is 5.82 Å². The second-order valence-corrected chi connectivity index (χ2v) is 5.13. The monoisotopic (exact) mass is 253 g/mol. The van der Waals surface area contributed by atoms with Crippen LogP contribution in [0.4, 0.5) is 5.82 Å². The van der Waals surface area contributed by atoms with E-state index < -0.39 is 0 Å². The Morgan fingerprint density at radius 3 is 2.44 bits per heavy atom. The molecule has 0 aliphatic carbocycles. The normalized spacial score (nSPS) is 11.3. The van der Waals surface area contributed by atoms with Gasteiger partial charge in [-0.05, 0) is 47.0 Å². The first-order valence-corrected chi connectivity index (χ1v) is 6.55. The Kier molecular flexibility index (Phi) is 5.62. The second-order valence-electron chi connectivity index (χ2n) is 5.13. The number of anilines is 1. The van der Waals surface area contributed by atoms with Crippen molar-refractivity contribution in [1.82, 2.24) is 14.7 Å². The third-order valence-electron chi connectivity index (χ3n) is 3.17. The number of rotatable bonds is 7. The molecule has 0 fully saturated rings. The van der Waals surface area contributed by atoms with Crippen LogP contribution >= 0.6 is 0 Å². The molecule has 0 bridgehead atoms. The highest BCUT2D eigenvalue weighted by molar-refractivity contribution is 5.49. The first-order valence-electron chi connectivity index (χ1n) is 6.55. The number of hydrogen-bond acceptors (Lipinski definition) is 4. The van der Waals surface area contributed by atoms with Crippen LogP contribution in [0.1, 0.15) is 17.7 Å². The fourth-order valence-corrected chi connectivity index (χ4v) is 2.33. The van der Waals surface area contributed by atoms with Crippen LogP contribution in [-0.4, -0.2) is 55.5 Å². The van der Waals surface area contributed by atoms with E-state index in [2.05, 4.69) is 43.0 Å². The van der Waals surface area contributed by atoms with E-state index in [1.165, 1.54) is 11.4 Å². The molecule has 0 saturated heterocycles. The van der Waals surface area contributed by atoms with Crippen molar-refractivity contribution in [1.29, 1.82) is 0 Å². The summed E-state index contributed by atoms with van der Waals surface area (Å²) in [5.41, 5.74) is 8.06. The average Bonchev–Trinajstić information content (AvgIpc) is 2.54. The lowest BCUT2D eigenvalue weighted by atomic mass is 10.1. The van der Waals surface area contributed by atoms with Crippen LogP contribution in [0.5, 0.6) is 0 Å². The van der Waals surface area contributed by atoms with E-state index in [1.54, 1.807) is 0 Å². The Morgan fingerprint density at radius 1 is 1.22 bits per heavy atom. The van der Waals surface area contributed by atoms with Gasteiger partial charge in [0.2, 0.25) is 0 Å². The molecule has 0 unspecified atom stereocenters. The standard InChI is InChI=1S/C13H27N5/c1-11-12(7-8-14)13(18(5)15-11)17(4)10-6-9-16(2)3/h6-10,14H2,1-5H3. The van der Waals surface area contributed by atoms with Gasteiger partial charge in [0.15, 0.2) is 0 Å². The van der Waals surface area contributed by atoms with Gasteiger partial charge in [0, 0.05) is 26.2 Å².